The van der Waals surface area contributed by atoms with Gasteiger partial charge < -0.3 is 5.32 Å². The first-order valence-corrected chi connectivity index (χ1v) is 6.79. The number of hydrogen-bond acceptors (Lipinski definition) is 2. The summed E-state index contributed by atoms with van der Waals surface area (Å²) in [6.45, 7) is 0. The van der Waals surface area contributed by atoms with Gasteiger partial charge in [-0.1, -0.05) is 28.1 Å². The second-order valence-electron chi connectivity index (χ2n) is 3.41. The van der Waals surface area contributed by atoms with Crippen LogP contribution in [0.15, 0.2) is 46.9 Å². The standard InChI is InChI=1S/C13H8BrIN2/c14-10-6-5-9(8-16)13(7-10)17-12-4-2-1-3-11(12)15/h1-7,17H. The average Bonchev–Trinajstić information content (AvgIpc) is 2.32. The number of hydrogen-bond donors (Lipinski definition) is 1. The van der Waals surface area contributed by atoms with Gasteiger partial charge in [-0.25, -0.2) is 0 Å². The zero-order chi connectivity index (χ0) is 12.3. The summed E-state index contributed by atoms with van der Waals surface area (Å²) < 4.78 is 2.07. The van der Waals surface area contributed by atoms with Crippen molar-refractivity contribution in [3.05, 3.63) is 56.1 Å². The van der Waals surface area contributed by atoms with Gasteiger partial charge >= 0.3 is 0 Å². The van der Waals surface area contributed by atoms with E-state index in [9.17, 15) is 0 Å². The highest BCUT2D eigenvalue weighted by atomic mass is 127. The predicted octanol–water partition coefficient (Wildman–Crippen LogP) is 4.67. The van der Waals surface area contributed by atoms with Crippen LogP contribution >= 0.6 is 38.5 Å². The normalized spacial score (nSPS) is 9.71. The van der Waals surface area contributed by atoms with Gasteiger partial charge in [0.2, 0.25) is 0 Å². The fraction of sp³-hybridized carbons (Fsp3) is 0. The number of para-hydroxylation sites is 1. The molecule has 0 aliphatic carbocycles. The van der Waals surface area contributed by atoms with Gasteiger partial charge in [-0.05, 0) is 52.9 Å². The van der Waals surface area contributed by atoms with Crippen LogP contribution in [-0.2, 0) is 0 Å². The van der Waals surface area contributed by atoms with E-state index in [1.54, 1.807) is 6.07 Å². The molecule has 2 aromatic rings. The van der Waals surface area contributed by atoms with Crippen molar-refractivity contribution in [2.45, 2.75) is 0 Å². The van der Waals surface area contributed by atoms with E-state index in [4.69, 9.17) is 5.26 Å². The lowest BCUT2D eigenvalue weighted by Crippen LogP contribution is -1.95. The largest absolute Gasteiger partial charge is 0.354 e. The van der Waals surface area contributed by atoms with Crippen molar-refractivity contribution in [2.75, 3.05) is 5.32 Å². The number of benzene rings is 2. The van der Waals surface area contributed by atoms with E-state index in [0.29, 0.717) is 5.56 Å². The third kappa shape index (κ3) is 2.99. The summed E-state index contributed by atoms with van der Waals surface area (Å²) in [7, 11) is 0. The quantitative estimate of drug-likeness (QED) is 0.746. The lowest BCUT2D eigenvalue weighted by molar-refractivity contribution is 1.44. The molecule has 17 heavy (non-hydrogen) atoms. The van der Waals surface area contributed by atoms with Crippen LogP contribution in [-0.4, -0.2) is 0 Å². The van der Waals surface area contributed by atoms with Crippen LogP contribution in [0.2, 0.25) is 0 Å². The minimum atomic E-state index is 0.632. The predicted molar refractivity (Wildman–Crippen MR) is 81.3 cm³/mol. The molecule has 0 bridgehead atoms. The first-order chi connectivity index (χ1) is 8.20. The van der Waals surface area contributed by atoms with Gasteiger partial charge in [-0.3, -0.25) is 0 Å². The van der Waals surface area contributed by atoms with Gasteiger partial charge in [0.05, 0.1) is 16.9 Å². The molecule has 0 saturated heterocycles. The monoisotopic (exact) mass is 398 g/mol. The number of nitrogens with zero attached hydrogens (tertiary/aromatic N) is 1. The second-order valence-corrected chi connectivity index (χ2v) is 5.48. The van der Waals surface area contributed by atoms with Gasteiger partial charge in [0, 0.05) is 8.04 Å². The van der Waals surface area contributed by atoms with E-state index in [2.05, 4.69) is 49.9 Å². The van der Waals surface area contributed by atoms with Gasteiger partial charge in [0.1, 0.15) is 6.07 Å². The Balaban J connectivity index is 2.40. The van der Waals surface area contributed by atoms with Crippen molar-refractivity contribution < 1.29 is 0 Å². The number of nitriles is 1. The minimum absolute atomic E-state index is 0.632. The minimum Gasteiger partial charge on any atom is -0.354 e. The zero-order valence-corrected chi connectivity index (χ0v) is 12.5. The first kappa shape index (κ1) is 12.4. The lowest BCUT2D eigenvalue weighted by Gasteiger charge is -2.10. The number of anilines is 2. The Bertz CT molecular complexity index is 590. The Kier molecular flexibility index (Phi) is 4.02. The smallest absolute Gasteiger partial charge is 0.101 e. The van der Waals surface area contributed by atoms with E-state index in [1.165, 1.54) is 0 Å². The Labute approximate surface area is 122 Å². The molecule has 0 unspecified atom stereocenters. The van der Waals surface area contributed by atoms with E-state index in [1.807, 2.05) is 36.4 Å². The van der Waals surface area contributed by atoms with Crippen LogP contribution in [0, 0.1) is 14.9 Å². The number of rotatable bonds is 2. The summed E-state index contributed by atoms with van der Waals surface area (Å²) in [6, 6.07) is 15.7. The second kappa shape index (κ2) is 5.52. The van der Waals surface area contributed by atoms with Crippen molar-refractivity contribution in [3.8, 4) is 6.07 Å². The molecule has 84 valence electrons. The van der Waals surface area contributed by atoms with E-state index in [-0.39, 0.29) is 0 Å². The van der Waals surface area contributed by atoms with E-state index < -0.39 is 0 Å². The molecule has 0 amide bonds. The van der Waals surface area contributed by atoms with Crippen LogP contribution in [0.25, 0.3) is 0 Å². The molecule has 0 radical (unpaired) electrons. The molecule has 0 fully saturated rings. The molecular formula is C13H8BrIN2. The van der Waals surface area contributed by atoms with E-state index in [0.717, 1.165) is 19.4 Å². The van der Waals surface area contributed by atoms with Gasteiger partial charge in [-0.2, -0.15) is 5.26 Å². The summed E-state index contributed by atoms with van der Waals surface area (Å²) >= 11 is 5.67. The fourth-order valence-corrected chi connectivity index (χ4v) is 2.31. The molecule has 2 rings (SSSR count). The molecule has 2 aromatic carbocycles. The molecule has 2 nitrogen and oxygen atoms in total. The maximum absolute atomic E-state index is 9.05. The van der Waals surface area contributed by atoms with Crippen LogP contribution in [0.4, 0.5) is 11.4 Å². The highest BCUT2D eigenvalue weighted by Gasteiger charge is 2.04. The van der Waals surface area contributed by atoms with Crippen LogP contribution in [0.1, 0.15) is 5.56 Å². The van der Waals surface area contributed by atoms with Crippen molar-refractivity contribution in [1.29, 1.82) is 5.26 Å². The van der Waals surface area contributed by atoms with Crippen molar-refractivity contribution in [1.82, 2.24) is 0 Å². The topological polar surface area (TPSA) is 35.8 Å². The van der Waals surface area contributed by atoms with Crippen LogP contribution < -0.4 is 5.32 Å². The Morgan fingerprint density at radius 2 is 1.88 bits per heavy atom. The molecule has 0 saturated carbocycles. The van der Waals surface area contributed by atoms with Gasteiger partial charge in [0.15, 0.2) is 0 Å². The van der Waals surface area contributed by atoms with Crippen molar-refractivity contribution >= 4 is 49.9 Å². The molecule has 1 N–H and O–H groups in total. The molecule has 0 atom stereocenters. The SMILES string of the molecule is N#Cc1ccc(Br)cc1Nc1ccccc1I. The van der Waals surface area contributed by atoms with Gasteiger partial charge in [-0.15, -0.1) is 0 Å². The molecule has 0 spiro atoms. The summed E-state index contributed by atoms with van der Waals surface area (Å²) in [6.07, 6.45) is 0. The first-order valence-electron chi connectivity index (χ1n) is 4.92. The zero-order valence-electron chi connectivity index (χ0n) is 8.74. The summed E-state index contributed by atoms with van der Waals surface area (Å²) in [5.41, 5.74) is 2.45. The molecular weight excluding hydrogens is 391 g/mol. The Hall–Kier alpha value is -1.06. The third-order valence-corrected chi connectivity index (χ3v) is 3.68. The molecule has 4 heteroatoms. The summed E-state index contributed by atoms with van der Waals surface area (Å²) in [5.74, 6) is 0. The van der Waals surface area contributed by atoms with Crippen LogP contribution in [0.3, 0.4) is 0 Å². The van der Waals surface area contributed by atoms with Crippen LogP contribution in [0.5, 0.6) is 0 Å². The lowest BCUT2D eigenvalue weighted by atomic mass is 10.2. The summed E-state index contributed by atoms with van der Waals surface area (Å²) in [5, 5.41) is 12.3. The average molecular weight is 399 g/mol. The Morgan fingerprint density at radius 1 is 1.12 bits per heavy atom. The third-order valence-electron chi connectivity index (χ3n) is 2.25. The van der Waals surface area contributed by atoms with Crippen molar-refractivity contribution in [3.63, 3.8) is 0 Å². The highest BCUT2D eigenvalue weighted by Crippen LogP contribution is 2.27. The summed E-state index contributed by atoms with van der Waals surface area (Å²) in [4.78, 5) is 0. The molecule has 0 aliphatic rings. The number of nitrogens with one attached hydrogen (secondary N) is 1. The van der Waals surface area contributed by atoms with E-state index >= 15 is 0 Å². The molecule has 0 aromatic heterocycles. The fourth-order valence-electron chi connectivity index (χ4n) is 1.43. The highest BCUT2D eigenvalue weighted by molar-refractivity contribution is 14.1. The van der Waals surface area contributed by atoms with Crippen molar-refractivity contribution in [2.24, 2.45) is 0 Å². The maximum atomic E-state index is 9.05. The Morgan fingerprint density at radius 3 is 2.59 bits per heavy atom. The maximum Gasteiger partial charge on any atom is 0.101 e. The molecule has 0 aliphatic heterocycles. The molecule has 0 heterocycles. The van der Waals surface area contributed by atoms with Gasteiger partial charge in [0.25, 0.3) is 0 Å². The number of halogens is 2.